The van der Waals surface area contributed by atoms with Gasteiger partial charge in [-0.15, -0.1) is 0 Å². The zero-order chi connectivity index (χ0) is 14.4. The maximum Gasteiger partial charge on any atom is 0.169 e. The Bertz CT molecular complexity index is 424. The standard InChI is InChI=1S/C14H23ClFN3/c1-3-5-7-9(6-4-2)19-14-11(18)8-10(17)12(15)13(14)16/h8-9,19H,3-7,17-18H2,1-2H3. The second-order valence-corrected chi connectivity index (χ2v) is 5.21. The number of rotatable bonds is 7. The van der Waals surface area contributed by atoms with Crippen LogP contribution in [-0.4, -0.2) is 6.04 Å². The van der Waals surface area contributed by atoms with Crippen LogP contribution in [0.2, 0.25) is 5.02 Å². The van der Waals surface area contributed by atoms with Gasteiger partial charge in [-0.1, -0.05) is 44.7 Å². The number of anilines is 3. The molecule has 3 nitrogen and oxygen atoms in total. The van der Waals surface area contributed by atoms with E-state index in [-0.39, 0.29) is 22.4 Å². The minimum atomic E-state index is -0.559. The van der Waals surface area contributed by atoms with Crippen molar-refractivity contribution in [2.75, 3.05) is 16.8 Å². The number of nitrogens with one attached hydrogen (secondary N) is 1. The predicted octanol–water partition coefficient (Wildman–Crippen LogP) is 4.41. The first-order chi connectivity index (χ1) is 9.01. The number of hydrogen-bond donors (Lipinski definition) is 3. The molecule has 0 spiro atoms. The van der Waals surface area contributed by atoms with Crippen molar-refractivity contribution in [1.82, 2.24) is 0 Å². The average Bonchev–Trinajstić information content (AvgIpc) is 2.38. The van der Waals surface area contributed by atoms with E-state index in [1.165, 1.54) is 6.07 Å². The van der Waals surface area contributed by atoms with Crippen LogP contribution in [0.5, 0.6) is 0 Å². The van der Waals surface area contributed by atoms with Gasteiger partial charge in [-0.3, -0.25) is 0 Å². The highest BCUT2D eigenvalue weighted by Gasteiger charge is 2.17. The highest BCUT2D eigenvalue weighted by atomic mass is 35.5. The molecule has 0 bridgehead atoms. The van der Waals surface area contributed by atoms with Crippen molar-refractivity contribution in [3.63, 3.8) is 0 Å². The van der Waals surface area contributed by atoms with E-state index >= 15 is 0 Å². The van der Waals surface area contributed by atoms with Crippen LogP contribution >= 0.6 is 11.6 Å². The summed E-state index contributed by atoms with van der Waals surface area (Å²) in [5.74, 6) is -0.559. The molecule has 1 aromatic carbocycles. The minimum absolute atomic E-state index is 0.0672. The zero-order valence-electron chi connectivity index (χ0n) is 11.6. The average molecular weight is 288 g/mol. The largest absolute Gasteiger partial charge is 0.397 e. The highest BCUT2D eigenvalue weighted by Crippen LogP contribution is 2.34. The first-order valence-corrected chi connectivity index (χ1v) is 7.18. The van der Waals surface area contributed by atoms with Crippen LogP contribution in [-0.2, 0) is 0 Å². The maximum atomic E-state index is 14.1. The van der Waals surface area contributed by atoms with E-state index in [1.54, 1.807) is 0 Å². The van der Waals surface area contributed by atoms with Gasteiger partial charge in [-0.2, -0.15) is 0 Å². The van der Waals surface area contributed by atoms with Gasteiger partial charge in [0, 0.05) is 6.04 Å². The number of unbranched alkanes of at least 4 members (excludes halogenated alkanes) is 1. The molecule has 5 heteroatoms. The lowest BCUT2D eigenvalue weighted by atomic mass is 10.0. The molecule has 1 rings (SSSR count). The van der Waals surface area contributed by atoms with Gasteiger partial charge in [0.2, 0.25) is 0 Å². The third kappa shape index (κ3) is 4.16. The third-order valence-corrected chi connectivity index (χ3v) is 3.54. The lowest BCUT2D eigenvalue weighted by Gasteiger charge is -2.21. The number of hydrogen-bond acceptors (Lipinski definition) is 3. The SMILES string of the molecule is CCCCC(CCC)Nc1c(N)cc(N)c(Cl)c1F. The van der Waals surface area contributed by atoms with Gasteiger partial charge in [0.15, 0.2) is 5.82 Å². The molecule has 0 aliphatic rings. The van der Waals surface area contributed by atoms with Gasteiger partial charge in [0.25, 0.3) is 0 Å². The molecule has 0 saturated heterocycles. The molecule has 0 fully saturated rings. The number of halogens is 2. The summed E-state index contributed by atoms with van der Waals surface area (Å²) in [6, 6.07) is 1.71. The lowest BCUT2D eigenvalue weighted by Crippen LogP contribution is -2.21. The fraction of sp³-hybridized carbons (Fsp3) is 0.571. The van der Waals surface area contributed by atoms with Crippen molar-refractivity contribution in [3.05, 3.63) is 16.9 Å². The van der Waals surface area contributed by atoms with Gasteiger partial charge in [0.1, 0.15) is 5.02 Å². The Morgan fingerprint density at radius 1 is 1.21 bits per heavy atom. The molecule has 1 unspecified atom stereocenters. The number of benzene rings is 1. The van der Waals surface area contributed by atoms with Gasteiger partial charge in [-0.05, 0) is 18.9 Å². The molecule has 19 heavy (non-hydrogen) atoms. The smallest absolute Gasteiger partial charge is 0.169 e. The summed E-state index contributed by atoms with van der Waals surface area (Å²) >= 11 is 5.82. The quantitative estimate of drug-likeness (QED) is 0.651. The molecule has 5 N–H and O–H groups in total. The first kappa shape index (κ1) is 15.9. The van der Waals surface area contributed by atoms with Crippen LogP contribution in [0.4, 0.5) is 21.5 Å². The normalized spacial score (nSPS) is 12.4. The number of nitrogen functional groups attached to an aromatic ring is 2. The van der Waals surface area contributed by atoms with Crippen LogP contribution in [0.15, 0.2) is 6.07 Å². The lowest BCUT2D eigenvalue weighted by molar-refractivity contribution is 0.557. The van der Waals surface area contributed by atoms with Crippen LogP contribution < -0.4 is 16.8 Å². The molecular weight excluding hydrogens is 265 g/mol. The fourth-order valence-electron chi connectivity index (χ4n) is 2.10. The van der Waals surface area contributed by atoms with E-state index in [0.717, 1.165) is 32.1 Å². The summed E-state index contributed by atoms with van der Waals surface area (Å²) < 4.78 is 14.1. The van der Waals surface area contributed by atoms with Crippen LogP contribution in [0.25, 0.3) is 0 Å². The van der Waals surface area contributed by atoms with Crippen molar-refractivity contribution in [2.45, 2.75) is 52.0 Å². The Labute approximate surface area is 119 Å². The van der Waals surface area contributed by atoms with E-state index in [4.69, 9.17) is 23.1 Å². The van der Waals surface area contributed by atoms with Crippen molar-refractivity contribution in [3.8, 4) is 0 Å². The van der Waals surface area contributed by atoms with E-state index in [0.29, 0.717) is 5.69 Å². The molecule has 0 saturated carbocycles. The van der Waals surface area contributed by atoms with Crippen LogP contribution in [0.3, 0.4) is 0 Å². The summed E-state index contributed by atoms with van der Waals surface area (Å²) in [7, 11) is 0. The summed E-state index contributed by atoms with van der Waals surface area (Å²) in [6.45, 7) is 4.24. The molecule has 0 heterocycles. The molecule has 108 valence electrons. The molecule has 1 aromatic rings. The summed E-state index contributed by atoms with van der Waals surface area (Å²) in [6.07, 6.45) is 5.21. The Morgan fingerprint density at radius 3 is 2.47 bits per heavy atom. The molecule has 1 atom stereocenters. The maximum absolute atomic E-state index is 14.1. The van der Waals surface area contributed by atoms with Crippen molar-refractivity contribution in [1.29, 1.82) is 0 Å². The van der Waals surface area contributed by atoms with E-state index in [2.05, 4.69) is 19.2 Å². The van der Waals surface area contributed by atoms with E-state index in [9.17, 15) is 4.39 Å². The summed E-state index contributed by atoms with van der Waals surface area (Å²) in [5, 5.41) is 3.11. The predicted molar refractivity (Wildman–Crippen MR) is 82.1 cm³/mol. The van der Waals surface area contributed by atoms with Crippen molar-refractivity contribution < 1.29 is 4.39 Å². The Hall–Kier alpha value is -1.16. The van der Waals surface area contributed by atoms with Gasteiger partial charge in [0.05, 0.1) is 17.1 Å². The van der Waals surface area contributed by atoms with Crippen molar-refractivity contribution >= 4 is 28.7 Å². The molecule has 0 aromatic heterocycles. The molecule has 0 radical (unpaired) electrons. The Balaban J connectivity index is 2.92. The zero-order valence-corrected chi connectivity index (χ0v) is 12.4. The molecule has 0 aliphatic heterocycles. The van der Waals surface area contributed by atoms with Crippen molar-refractivity contribution in [2.24, 2.45) is 0 Å². The summed E-state index contributed by atoms with van der Waals surface area (Å²) in [5.41, 5.74) is 12.1. The first-order valence-electron chi connectivity index (χ1n) is 6.80. The fourth-order valence-corrected chi connectivity index (χ4v) is 2.25. The second-order valence-electron chi connectivity index (χ2n) is 4.83. The number of nitrogens with two attached hydrogens (primary N) is 2. The van der Waals surface area contributed by atoms with Gasteiger partial charge < -0.3 is 16.8 Å². The van der Waals surface area contributed by atoms with Gasteiger partial charge in [-0.25, -0.2) is 4.39 Å². The van der Waals surface area contributed by atoms with E-state index in [1.807, 2.05) is 0 Å². The topological polar surface area (TPSA) is 64.1 Å². The third-order valence-electron chi connectivity index (χ3n) is 3.16. The molecule has 0 amide bonds. The van der Waals surface area contributed by atoms with Crippen LogP contribution in [0, 0.1) is 5.82 Å². The second kappa shape index (κ2) is 7.43. The van der Waals surface area contributed by atoms with Gasteiger partial charge >= 0.3 is 0 Å². The Kier molecular flexibility index (Phi) is 6.22. The molecular formula is C14H23ClFN3. The van der Waals surface area contributed by atoms with Crippen LogP contribution in [0.1, 0.15) is 46.0 Å². The highest BCUT2D eigenvalue weighted by molar-refractivity contribution is 6.33. The monoisotopic (exact) mass is 287 g/mol. The van der Waals surface area contributed by atoms with E-state index < -0.39 is 5.82 Å². The summed E-state index contributed by atoms with van der Waals surface area (Å²) in [4.78, 5) is 0. The molecule has 0 aliphatic carbocycles. The Morgan fingerprint density at radius 2 is 1.89 bits per heavy atom. The minimum Gasteiger partial charge on any atom is -0.397 e.